The van der Waals surface area contributed by atoms with E-state index in [-0.39, 0.29) is 18.4 Å². The van der Waals surface area contributed by atoms with Gasteiger partial charge >= 0.3 is 6.03 Å². The summed E-state index contributed by atoms with van der Waals surface area (Å²) in [6.45, 7) is 3.68. The number of anilines is 1. The van der Waals surface area contributed by atoms with Gasteiger partial charge in [0, 0.05) is 10.6 Å². The molecule has 1 atom stereocenters. The summed E-state index contributed by atoms with van der Waals surface area (Å²) in [5.74, 6) is -0.444. The molecule has 1 aliphatic rings. The average molecular weight is 335 g/mol. The largest absolute Gasteiger partial charge is 0.326 e. The predicted molar refractivity (Wildman–Crippen MR) is 90.3 cm³/mol. The van der Waals surface area contributed by atoms with Crippen LogP contribution in [-0.2, 0) is 9.59 Å². The van der Waals surface area contributed by atoms with Gasteiger partial charge in [-0.15, -0.1) is 11.8 Å². The van der Waals surface area contributed by atoms with Gasteiger partial charge < -0.3 is 10.6 Å². The van der Waals surface area contributed by atoms with E-state index < -0.39 is 18.0 Å². The monoisotopic (exact) mass is 335 g/mol. The fourth-order valence-electron chi connectivity index (χ4n) is 2.40. The second kappa shape index (κ2) is 7.50. The van der Waals surface area contributed by atoms with Gasteiger partial charge in [-0.05, 0) is 36.8 Å². The third kappa shape index (κ3) is 4.48. The van der Waals surface area contributed by atoms with Crippen LogP contribution in [0.3, 0.4) is 0 Å². The van der Waals surface area contributed by atoms with Crippen LogP contribution in [0.5, 0.6) is 0 Å². The van der Waals surface area contributed by atoms with Crippen LogP contribution >= 0.6 is 11.8 Å². The number of imide groups is 1. The van der Waals surface area contributed by atoms with Gasteiger partial charge in [-0.25, -0.2) is 4.79 Å². The molecule has 7 heteroatoms. The standard InChI is InChI=1S/C16H21N3O3S/c1-10(2)7-13-15(21)19(16(22)18-13)9-14(20)17-11-5-4-6-12(8-11)23-3/h4-6,8,10,13H,7,9H2,1-3H3,(H,17,20)(H,18,22)/t13-/m1/s1. The molecule has 1 heterocycles. The zero-order valence-electron chi connectivity index (χ0n) is 13.5. The lowest BCUT2D eigenvalue weighted by Crippen LogP contribution is -2.38. The molecule has 124 valence electrons. The number of benzene rings is 1. The minimum Gasteiger partial charge on any atom is -0.326 e. The van der Waals surface area contributed by atoms with E-state index >= 15 is 0 Å². The molecule has 0 aromatic heterocycles. The third-order valence-electron chi connectivity index (χ3n) is 3.47. The molecule has 1 saturated heterocycles. The Bertz CT molecular complexity index is 618. The number of hydrogen-bond acceptors (Lipinski definition) is 4. The van der Waals surface area contributed by atoms with Gasteiger partial charge in [0.1, 0.15) is 12.6 Å². The van der Waals surface area contributed by atoms with E-state index in [1.807, 2.05) is 38.3 Å². The number of hydrogen-bond donors (Lipinski definition) is 2. The van der Waals surface area contributed by atoms with E-state index in [2.05, 4.69) is 10.6 Å². The average Bonchev–Trinajstić information content (AvgIpc) is 2.74. The van der Waals surface area contributed by atoms with Crippen molar-refractivity contribution in [2.75, 3.05) is 18.1 Å². The summed E-state index contributed by atoms with van der Waals surface area (Å²) in [7, 11) is 0. The van der Waals surface area contributed by atoms with Gasteiger partial charge in [-0.1, -0.05) is 19.9 Å². The van der Waals surface area contributed by atoms with Gasteiger partial charge in [0.15, 0.2) is 0 Å². The first-order valence-electron chi connectivity index (χ1n) is 7.46. The molecule has 0 saturated carbocycles. The van der Waals surface area contributed by atoms with Crippen LogP contribution in [0.15, 0.2) is 29.2 Å². The van der Waals surface area contributed by atoms with Gasteiger partial charge in [-0.3, -0.25) is 14.5 Å². The highest BCUT2D eigenvalue weighted by Crippen LogP contribution is 2.19. The minimum atomic E-state index is -0.532. The smallest absolute Gasteiger partial charge is 0.325 e. The zero-order chi connectivity index (χ0) is 17.0. The van der Waals surface area contributed by atoms with E-state index in [0.717, 1.165) is 9.80 Å². The first-order chi connectivity index (χ1) is 10.9. The van der Waals surface area contributed by atoms with E-state index in [1.165, 1.54) is 0 Å². The molecule has 0 spiro atoms. The van der Waals surface area contributed by atoms with Crippen molar-refractivity contribution < 1.29 is 14.4 Å². The molecule has 1 aromatic carbocycles. The second-order valence-electron chi connectivity index (χ2n) is 5.84. The van der Waals surface area contributed by atoms with Crippen molar-refractivity contribution >= 4 is 35.3 Å². The molecule has 0 unspecified atom stereocenters. The minimum absolute atomic E-state index is 0.275. The first-order valence-corrected chi connectivity index (χ1v) is 8.69. The molecule has 1 aliphatic heterocycles. The number of amides is 4. The van der Waals surface area contributed by atoms with Crippen molar-refractivity contribution in [3.63, 3.8) is 0 Å². The highest BCUT2D eigenvalue weighted by atomic mass is 32.2. The highest BCUT2D eigenvalue weighted by molar-refractivity contribution is 7.98. The van der Waals surface area contributed by atoms with Crippen LogP contribution in [0.4, 0.5) is 10.5 Å². The van der Waals surface area contributed by atoms with E-state index in [1.54, 1.807) is 17.8 Å². The summed E-state index contributed by atoms with van der Waals surface area (Å²) in [5.41, 5.74) is 0.646. The van der Waals surface area contributed by atoms with Gasteiger partial charge in [0.05, 0.1) is 0 Å². The molecule has 0 bridgehead atoms. The van der Waals surface area contributed by atoms with Crippen molar-refractivity contribution in [2.45, 2.75) is 31.2 Å². The first kappa shape index (κ1) is 17.3. The number of carbonyl (C=O) groups is 3. The van der Waals surface area contributed by atoms with Gasteiger partial charge in [-0.2, -0.15) is 0 Å². The molecule has 2 rings (SSSR count). The molecular weight excluding hydrogens is 314 g/mol. The maximum absolute atomic E-state index is 12.2. The molecule has 0 radical (unpaired) electrons. The normalized spacial score (nSPS) is 17.6. The van der Waals surface area contributed by atoms with Crippen LogP contribution in [0.2, 0.25) is 0 Å². The molecular formula is C16H21N3O3S. The maximum Gasteiger partial charge on any atom is 0.325 e. The molecule has 4 amide bonds. The summed E-state index contributed by atoms with van der Waals surface area (Å²) in [6.07, 6.45) is 2.52. The van der Waals surface area contributed by atoms with Crippen LogP contribution in [0.1, 0.15) is 20.3 Å². The van der Waals surface area contributed by atoms with Gasteiger partial charge in [0.25, 0.3) is 5.91 Å². The lowest BCUT2D eigenvalue weighted by atomic mass is 10.0. The Hall–Kier alpha value is -2.02. The highest BCUT2D eigenvalue weighted by Gasteiger charge is 2.38. The van der Waals surface area contributed by atoms with Crippen molar-refractivity contribution in [2.24, 2.45) is 5.92 Å². The molecule has 1 fully saturated rings. The Morgan fingerprint density at radius 1 is 1.39 bits per heavy atom. The Labute approximate surface area is 140 Å². The molecule has 0 aliphatic carbocycles. The third-order valence-corrected chi connectivity index (χ3v) is 4.19. The number of urea groups is 1. The quantitative estimate of drug-likeness (QED) is 0.618. The predicted octanol–water partition coefficient (Wildman–Crippen LogP) is 2.31. The topological polar surface area (TPSA) is 78.5 Å². The fraction of sp³-hybridized carbons (Fsp3) is 0.438. The Morgan fingerprint density at radius 2 is 2.13 bits per heavy atom. The maximum atomic E-state index is 12.2. The van der Waals surface area contributed by atoms with Crippen LogP contribution in [-0.4, -0.2) is 41.6 Å². The van der Waals surface area contributed by atoms with Crippen molar-refractivity contribution in [3.8, 4) is 0 Å². The van der Waals surface area contributed by atoms with Crippen molar-refractivity contribution in [1.29, 1.82) is 0 Å². The summed E-state index contributed by atoms with van der Waals surface area (Å²) < 4.78 is 0. The number of carbonyl (C=O) groups excluding carboxylic acids is 3. The Morgan fingerprint density at radius 3 is 2.78 bits per heavy atom. The SMILES string of the molecule is CSc1cccc(NC(=O)CN2C(=O)N[C@H](CC(C)C)C2=O)c1. The van der Waals surface area contributed by atoms with E-state index in [4.69, 9.17) is 0 Å². The summed E-state index contributed by atoms with van der Waals surface area (Å²) in [5, 5.41) is 5.34. The fourth-order valence-corrected chi connectivity index (χ4v) is 2.86. The van der Waals surface area contributed by atoms with Crippen LogP contribution in [0.25, 0.3) is 0 Å². The molecule has 6 nitrogen and oxygen atoms in total. The Kier molecular flexibility index (Phi) is 5.65. The lowest BCUT2D eigenvalue weighted by molar-refractivity contribution is -0.131. The van der Waals surface area contributed by atoms with Crippen molar-refractivity contribution in [1.82, 2.24) is 10.2 Å². The second-order valence-corrected chi connectivity index (χ2v) is 6.72. The summed E-state index contributed by atoms with van der Waals surface area (Å²) in [4.78, 5) is 38.2. The molecule has 23 heavy (non-hydrogen) atoms. The lowest BCUT2D eigenvalue weighted by Gasteiger charge is -2.14. The van der Waals surface area contributed by atoms with Crippen LogP contribution < -0.4 is 10.6 Å². The number of nitrogens with zero attached hydrogens (tertiary/aromatic N) is 1. The molecule has 1 aromatic rings. The Balaban J connectivity index is 1.97. The number of thioether (sulfide) groups is 1. The molecule has 2 N–H and O–H groups in total. The van der Waals surface area contributed by atoms with E-state index in [9.17, 15) is 14.4 Å². The van der Waals surface area contributed by atoms with Crippen molar-refractivity contribution in [3.05, 3.63) is 24.3 Å². The summed E-state index contributed by atoms with van der Waals surface area (Å²) in [6, 6.07) is 6.35. The number of nitrogens with one attached hydrogen (secondary N) is 2. The van der Waals surface area contributed by atoms with Crippen LogP contribution in [0, 0.1) is 5.92 Å². The van der Waals surface area contributed by atoms with Gasteiger partial charge in [0.2, 0.25) is 5.91 Å². The number of rotatable bonds is 6. The summed E-state index contributed by atoms with van der Waals surface area (Å²) >= 11 is 1.57. The van der Waals surface area contributed by atoms with E-state index in [0.29, 0.717) is 12.1 Å². The zero-order valence-corrected chi connectivity index (χ0v) is 14.3.